The van der Waals surface area contributed by atoms with Crippen molar-refractivity contribution in [3.8, 4) is 5.69 Å². The minimum absolute atomic E-state index is 0.000561. The van der Waals surface area contributed by atoms with Crippen LogP contribution >= 0.6 is 0 Å². The smallest absolute Gasteiger partial charge is 0.335 e. The quantitative estimate of drug-likeness (QED) is 0.393. The Labute approximate surface area is 199 Å². The first kappa shape index (κ1) is 22.2. The number of carboxylic acid groups (broad SMARTS) is 1. The number of aliphatic hydroxyl groups is 1. The maximum atomic E-state index is 16.1. The Balaban J connectivity index is 1.69. The number of hydrogen-bond acceptors (Lipinski definition) is 4. The van der Waals surface area contributed by atoms with Crippen molar-refractivity contribution in [2.24, 2.45) is 0 Å². The van der Waals surface area contributed by atoms with Crippen LogP contribution in [0.1, 0.15) is 54.3 Å². The number of aromatic amines is 1. The molecule has 0 unspecified atom stereocenters. The number of hydrogen-bond donors (Lipinski definition) is 3. The fourth-order valence-corrected chi connectivity index (χ4v) is 5.82. The van der Waals surface area contributed by atoms with E-state index in [-0.39, 0.29) is 36.0 Å². The van der Waals surface area contributed by atoms with Crippen molar-refractivity contribution in [1.82, 2.24) is 14.8 Å². The second-order valence-corrected chi connectivity index (χ2v) is 9.82. The zero-order chi connectivity index (χ0) is 24.5. The molecule has 3 heterocycles. The molecule has 2 aromatic carbocycles. The van der Waals surface area contributed by atoms with Gasteiger partial charge in [-0.2, -0.15) is 5.10 Å². The highest BCUT2D eigenvalue weighted by Crippen LogP contribution is 2.52. The molecule has 0 bridgehead atoms. The second-order valence-electron chi connectivity index (χ2n) is 9.82. The molecule has 0 atom stereocenters. The van der Waals surface area contributed by atoms with Gasteiger partial charge in [0.05, 0.1) is 11.7 Å². The van der Waals surface area contributed by atoms with Crippen LogP contribution in [-0.4, -0.2) is 49.8 Å². The number of nitrogens with zero attached hydrogens (tertiary/aromatic N) is 2. The topological polar surface area (TPSA) is 100 Å². The van der Waals surface area contributed by atoms with Crippen LogP contribution in [0.2, 0.25) is 0 Å². The Kier molecular flexibility index (Phi) is 4.98. The lowest BCUT2D eigenvalue weighted by atomic mass is 9.66. The van der Waals surface area contributed by atoms with Gasteiger partial charge in [0, 0.05) is 41.3 Å². The van der Waals surface area contributed by atoms with Crippen molar-refractivity contribution in [3.05, 3.63) is 58.9 Å². The highest BCUT2D eigenvalue weighted by Gasteiger charge is 2.51. The number of halogens is 2. The van der Waals surface area contributed by atoms with Crippen molar-refractivity contribution in [1.29, 1.82) is 0 Å². The van der Waals surface area contributed by atoms with Crippen LogP contribution in [0.4, 0.5) is 8.78 Å². The molecule has 182 valence electrons. The van der Waals surface area contributed by atoms with E-state index in [9.17, 15) is 19.4 Å². The van der Waals surface area contributed by atoms with Crippen LogP contribution in [0, 0.1) is 18.6 Å². The molecule has 7 nitrogen and oxygen atoms in total. The van der Waals surface area contributed by atoms with Crippen molar-refractivity contribution in [2.45, 2.75) is 50.0 Å². The summed E-state index contributed by atoms with van der Waals surface area (Å²) in [7, 11) is 0. The number of carboxylic acids is 1. The summed E-state index contributed by atoms with van der Waals surface area (Å²) in [5.74, 6) is -2.36. The molecule has 4 aromatic rings. The van der Waals surface area contributed by atoms with Gasteiger partial charge < -0.3 is 19.5 Å². The van der Waals surface area contributed by atoms with Crippen molar-refractivity contribution in [3.63, 3.8) is 0 Å². The number of ether oxygens (including phenoxy) is 1. The van der Waals surface area contributed by atoms with Gasteiger partial charge in [0.25, 0.3) is 0 Å². The van der Waals surface area contributed by atoms with E-state index in [0.29, 0.717) is 46.3 Å². The zero-order valence-electron chi connectivity index (χ0n) is 19.1. The summed E-state index contributed by atoms with van der Waals surface area (Å²) in [6.45, 7) is 2.81. The van der Waals surface area contributed by atoms with Crippen LogP contribution in [-0.2, 0) is 9.53 Å². The number of nitrogens with one attached hydrogen (secondary N) is 1. The predicted molar refractivity (Wildman–Crippen MR) is 125 cm³/mol. The number of aromatic nitrogens is 3. The minimum Gasteiger partial charge on any atom is -0.479 e. The molecule has 1 aliphatic carbocycles. The molecule has 0 amide bonds. The largest absolute Gasteiger partial charge is 0.479 e. The summed E-state index contributed by atoms with van der Waals surface area (Å²) in [5, 5.41) is 27.7. The average Bonchev–Trinajstić information content (AvgIpc) is 3.42. The van der Waals surface area contributed by atoms with Crippen molar-refractivity contribution >= 4 is 27.8 Å². The summed E-state index contributed by atoms with van der Waals surface area (Å²) in [6.07, 6.45) is 3.01. The SMILES string of the molecule is Cc1cc(-n2c(C3CCOCC3)c(C3CC(O)(C(=O)O)C3)c3c(F)c4[nH]ncc4cc32)ccc1F. The first-order chi connectivity index (χ1) is 16.8. The third kappa shape index (κ3) is 3.29. The lowest BCUT2D eigenvalue weighted by molar-refractivity contribution is -0.169. The number of aliphatic carboxylic acids is 1. The summed E-state index contributed by atoms with van der Waals surface area (Å²) < 4.78 is 37.9. The van der Waals surface area contributed by atoms with Gasteiger partial charge in [-0.3, -0.25) is 5.10 Å². The molecule has 9 heteroatoms. The first-order valence-corrected chi connectivity index (χ1v) is 11.8. The number of rotatable bonds is 4. The number of aryl methyl sites for hydroxylation is 1. The van der Waals surface area contributed by atoms with E-state index >= 15 is 4.39 Å². The van der Waals surface area contributed by atoms with E-state index in [1.807, 2.05) is 10.6 Å². The number of carbonyl (C=O) groups is 1. The normalized spacial score (nSPS) is 23.1. The molecule has 1 aliphatic heterocycles. The molecular weight excluding hydrogens is 456 g/mol. The summed E-state index contributed by atoms with van der Waals surface area (Å²) in [5.41, 5.74) is 1.84. The van der Waals surface area contributed by atoms with E-state index in [2.05, 4.69) is 10.2 Å². The Morgan fingerprint density at radius 1 is 1.20 bits per heavy atom. The van der Waals surface area contributed by atoms with E-state index in [4.69, 9.17) is 4.74 Å². The predicted octanol–water partition coefficient (Wildman–Crippen LogP) is 4.68. The molecule has 2 aliphatic rings. The van der Waals surface area contributed by atoms with Gasteiger partial charge >= 0.3 is 5.97 Å². The highest BCUT2D eigenvalue weighted by molar-refractivity contribution is 6.00. The number of benzene rings is 2. The van der Waals surface area contributed by atoms with E-state index < -0.39 is 17.4 Å². The summed E-state index contributed by atoms with van der Waals surface area (Å²) in [4.78, 5) is 11.6. The van der Waals surface area contributed by atoms with E-state index in [1.165, 1.54) is 6.07 Å². The van der Waals surface area contributed by atoms with Gasteiger partial charge in [-0.25, -0.2) is 13.6 Å². The van der Waals surface area contributed by atoms with Crippen molar-refractivity contribution in [2.75, 3.05) is 13.2 Å². The zero-order valence-corrected chi connectivity index (χ0v) is 19.1. The standard InChI is InChI=1S/C26H25F2N3O4/c1-13-8-17(2-3-18(13)27)31-19-9-15-12-29-30-23(15)22(28)21(19)20(16-10-26(34,11-16)25(32)33)24(31)14-4-6-35-7-5-14/h2-3,8-9,12,14,16,34H,4-7,10-11H2,1H3,(H,29,30)(H,32,33). The Morgan fingerprint density at radius 2 is 1.94 bits per heavy atom. The lowest BCUT2D eigenvalue weighted by Crippen LogP contribution is -2.49. The molecule has 35 heavy (non-hydrogen) atoms. The second kappa shape index (κ2) is 7.86. The summed E-state index contributed by atoms with van der Waals surface area (Å²) >= 11 is 0. The molecule has 6 rings (SSSR count). The molecule has 2 aromatic heterocycles. The highest BCUT2D eigenvalue weighted by atomic mass is 19.1. The van der Waals surface area contributed by atoms with Gasteiger partial charge in [-0.15, -0.1) is 0 Å². The molecule has 0 spiro atoms. The number of fused-ring (bicyclic) bond motifs is 2. The minimum atomic E-state index is -1.83. The van der Waals surface area contributed by atoms with Crippen LogP contribution < -0.4 is 0 Å². The Hall–Kier alpha value is -3.30. The van der Waals surface area contributed by atoms with Gasteiger partial charge in [0.15, 0.2) is 11.4 Å². The van der Waals surface area contributed by atoms with Crippen LogP contribution in [0.15, 0.2) is 30.5 Å². The Morgan fingerprint density at radius 3 is 2.63 bits per heavy atom. The monoisotopic (exact) mass is 481 g/mol. The molecule has 1 saturated heterocycles. The summed E-state index contributed by atoms with van der Waals surface area (Å²) in [6, 6.07) is 6.70. The van der Waals surface area contributed by atoms with Crippen LogP contribution in [0.25, 0.3) is 27.5 Å². The maximum Gasteiger partial charge on any atom is 0.335 e. The number of H-pyrrole nitrogens is 1. The van der Waals surface area contributed by atoms with Gasteiger partial charge in [-0.1, -0.05) is 0 Å². The van der Waals surface area contributed by atoms with Crippen LogP contribution in [0.5, 0.6) is 0 Å². The van der Waals surface area contributed by atoms with E-state index in [1.54, 1.807) is 25.3 Å². The van der Waals surface area contributed by atoms with Gasteiger partial charge in [-0.05, 0) is 73.9 Å². The van der Waals surface area contributed by atoms with Crippen molar-refractivity contribution < 1.29 is 28.5 Å². The van der Waals surface area contributed by atoms with E-state index in [0.717, 1.165) is 18.5 Å². The van der Waals surface area contributed by atoms with Crippen LogP contribution in [0.3, 0.4) is 0 Å². The third-order valence-electron chi connectivity index (χ3n) is 7.67. The molecule has 1 saturated carbocycles. The molecule has 2 fully saturated rings. The lowest BCUT2D eigenvalue weighted by Gasteiger charge is -2.41. The fourth-order valence-electron chi connectivity index (χ4n) is 5.82. The Bertz CT molecular complexity index is 1480. The fraction of sp³-hybridized carbons (Fsp3) is 0.385. The van der Waals surface area contributed by atoms with Gasteiger partial charge in [0.1, 0.15) is 11.3 Å². The van der Waals surface area contributed by atoms with Gasteiger partial charge in [0.2, 0.25) is 0 Å². The molecule has 0 radical (unpaired) electrons. The maximum absolute atomic E-state index is 16.1. The first-order valence-electron chi connectivity index (χ1n) is 11.8. The third-order valence-corrected chi connectivity index (χ3v) is 7.67. The molecule has 3 N–H and O–H groups in total. The average molecular weight is 481 g/mol. The molecular formula is C26H25F2N3O4.